The van der Waals surface area contributed by atoms with Gasteiger partial charge in [-0.05, 0) is 18.2 Å². The normalized spacial score (nSPS) is 21.0. The van der Waals surface area contributed by atoms with Gasteiger partial charge in [0.2, 0.25) is 17.8 Å². The van der Waals surface area contributed by atoms with E-state index >= 15 is 0 Å². The largest absolute Gasteiger partial charge is 0.416 e. The van der Waals surface area contributed by atoms with Gasteiger partial charge in [-0.1, -0.05) is 6.07 Å². The SMILES string of the molecule is O=C1CC(C(=O)Nc2cccc(C(F)(F)F)c2)N=C(N2CCOCC2)N1. The molecule has 0 spiro atoms. The number of morpholine rings is 1. The Morgan fingerprint density at radius 1 is 1.31 bits per heavy atom. The molecule has 1 fully saturated rings. The van der Waals surface area contributed by atoms with E-state index in [4.69, 9.17) is 4.74 Å². The molecule has 0 aliphatic carbocycles. The molecule has 3 rings (SSSR count). The minimum Gasteiger partial charge on any atom is -0.378 e. The number of amides is 2. The molecule has 2 N–H and O–H groups in total. The van der Waals surface area contributed by atoms with Crippen molar-refractivity contribution in [2.75, 3.05) is 31.6 Å². The quantitative estimate of drug-likeness (QED) is 0.820. The number of benzene rings is 1. The summed E-state index contributed by atoms with van der Waals surface area (Å²) in [5.74, 6) is -0.718. The fourth-order valence-electron chi connectivity index (χ4n) is 2.66. The molecule has 2 aliphatic heterocycles. The van der Waals surface area contributed by atoms with Gasteiger partial charge in [-0.15, -0.1) is 0 Å². The fraction of sp³-hybridized carbons (Fsp3) is 0.438. The molecule has 10 heteroatoms. The molecule has 140 valence electrons. The number of nitrogens with one attached hydrogen (secondary N) is 2. The van der Waals surface area contributed by atoms with Gasteiger partial charge in [0.05, 0.1) is 25.2 Å². The number of anilines is 1. The van der Waals surface area contributed by atoms with Crippen molar-refractivity contribution < 1.29 is 27.5 Å². The van der Waals surface area contributed by atoms with Gasteiger partial charge in [0, 0.05) is 18.8 Å². The molecule has 1 atom stereocenters. The van der Waals surface area contributed by atoms with Crippen LogP contribution < -0.4 is 10.6 Å². The molecule has 26 heavy (non-hydrogen) atoms. The molecule has 1 aromatic rings. The molecule has 2 amide bonds. The van der Waals surface area contributed by atoms with Gasteiger partial charge < -0.3 is 15.0 Å². The van der Waals surface area contributed by atoms with Gasteiger partial charge in [-0.3, -0.25) is 14.9 Å². The number of hydrogen-bond donors (Lipinski definition) is 2. The maximum absolute atomic E-state index is 12.8. The smallest absolute Gasteiger partial charge is 0.378 e. The molecule has 1 unspecified atom stereocenters. The van der Waals surface area contributed by atoms with Crippen LogP contribution in [0.1, 0.15) is 12.0 Å². The minimum atomic E-state index is -4.51. The molecule has 0 bridgehead atoms. The number of hydrogen-bond acceptors (Lipinski definition) is 5. The summed E-state index contributed by atoms with van der Waals surface area (Å²) in [6, 6.07) is 3.30. The molecule has 0 saturated carbocycles. The van der Waals surface area contributed by atoms with Crippen molar-refractivity contribution >= 4 is 23.5 Å². The predicted octanol–water partition coefficient (Wildman–Crippen LogP) is 1.22. The average Bonchev–Trinajstić information content (AvgIpc) is 2.61. The van der Waals surface area contributed by atoms with Gasteiger partial charge in [-0.25, -0.2) is 4.99 Å². The third-order valence-corrected chi connectivity index (χ3v) is 3.98. The van der Waals surface area contributed by atoms with Crippen molar-refractivity contribution in [3.8, 4) is 0 Å². The number of ether oxygens (including phenoxy) is 1. The number of carbonyl (C=O) groups is 2. The zero-order valence-electron chi connectivity index (χ0n) is 13.7. The molecule has 2 aliphatic rings. The number of rotatable bonds is 2. The molecule has 1 saturated heterocycles. The number of alkyl halides is 3. The topological polar surface area (TPSA) is 83.0 Å². The summed E-state index contributed by atoms with van der Waals surface area (Å²) in [6.07, 6.45) is -4.67. The van der Waals surface area contributed by atoms with Crippen LogP contribution in [0.3, 0.4) is 0 Å². The van der Waals surface area contributed by atoms with Crippen LogP contribution in [0.15, 0.2) is 29.3 Å². The van der Waals surface area contributed by atoms with E-state index in [-0.39, 0.29) is 24.0 Å². The average molecular weight is 370 g/mol. The Morgan fingerprint density at radius 2 is 2.04 bits per heavy atom. The molecular weight excluding hydrogens is 353 g/mol. The van der Waals surface area contributed by atoms with Crippen LogP contribution in [0.25, 0.3) is 0 Å². The van der Waals surface area contributed by atoms with Crippen LogP contribution in [-0.4, -0.2) is 55.0 Å². The summed E-state index contributed by atoms with van der Waals surface area (Å²) in [4.78, 5) is 30.3. The van der Waals surface area contributed by atoms with Gasteiger partial charge in [0.15, 0.2) is 0 Å². The molecule has 0 aromatic heterocycles. The monoisotopic (exact) mass is 370 g/mol. The Kier molecular flexibility index (Phi) is 5.12. The summed E-state index contributed by atoms with van der Waals surface area (Å²) in [5.41, 5.74) is -0.867. The summed E-state index contributed by atoms with van der Waals surface area (Å²) >= 11 is 0. The third-order valence-electron chi connectivity index (χ3n) is 3.98. The zero-order chi connectivity index (χ0) is 18.7. The zero-order valence-corrected chi connectivity index (χ0v) is 13.7. The highest BCUT2D eigenvalue weighted by Gasteiger charge is 2.32. The molecule has 0 radical (unpaired) electrons. The molecule has 1 aromatic carbocycles. The summed E-state index contributed by atoms with van der Waals surface area (Å²) < 4.78 is 43.5. The van der Waals surface area contributed by atoms with Crippen molar-refractivity contribution in [3.05, 3.63) is 29.8 Å². The maximum atomic E-state index is 12.8. The molecular formula is C16H17F3N4O3. The summed E-state index contributed by atoms with van der Waals surface area (Å²) in [6.45, 7) is 2.02. The van der Waals surface area contributed by atoms with Crippen LogP contribution >= 0.6 is 0 Å². The van der Waals surface area contributed by atoms with E-state index in [2.05, 4.69) is 15.6 Å². The number of guanidine groups is 1. The maximum Gasteiger partial charge on any atom is 0.416 e. The van der Waals surface area contributed by atoms with Crippen LogP contribution in [0.4, 0.5) is 18.9 Å². The Hall–Kier alpha value is -2.62. The van der Waals surface area contributed by atoms with Crippen LogP contribution in [-0.2, 0) is 20.5 Å². The van der Waals surface area contributed by atoms with Crippen molar-refractivity contribution in [1.29, 1.82) is 0 Å². The highest BCUT2D eigenvalue weighted by molar-refractivity contribution is 6.06. The van der Waals surface area contributed by atoms with E-state index in [9.17, 15) is 22.8 Å². The first-order valence-electron chi connectivity index (χ1n) is 8.01. The fourth-order valence-corrected chi connectivity index (χ4v) is 2.66. The Morgan fingerprint density at radius 3 is 2.73 bits per heavy atom. The number of aliphatic imine (C=N–C) groups is 1. The molecule has 7 nitrogen and oxygen atoms in total. The number of carbonyl (C=O) groups excluding carboxylic acids is 2. The van der Waals surface area contributed by atoms with E-state index in [1.165, 1.54) is 12.1 Å². The highest BCUT2D eigenvalue weighted by Crippen LogP contribution is 2.30. The van der Waals surface area contributed by atoms with E-state index < -0.39 is 23.7 Å². The minimum absolute atomic E-state index is 0.000992. The number of nitrogens with zero attached hydrogens (tertiary/aromatic N) is 2. The van der Waals surface area contributed by atoms with Crippen LogP contribution in [0.2, 0.25) is 0 Å². The lowest BCUT2D eigenvalue weighted by atomic mass is 10.1. The Bertz CT molecular complexity index is 730. The van der Waals surface area contributed by atoms with Gasteiger partial charge in [-0.2, -0.15) is 13.2 Å². The van der Waals surface area contributed by atoms with Crippen molar-refractivity contribution in [3.63, 3.8) is 0 Å². The Balaban J connectivity index is 1.73. The highest BCUT2D eigenvalue weighted by atomic mass is 19.4. The summed E-state index contributed by atoms with van der Waals surface area (Å²) in [7, 11) is 0. The van der Waals surface area contributed by atoms with Crippen LogP contribution in [0.5, 0.6) is 0 Å². The van der Waals surface area contributed by atoms with Crippen molar-refractivity contribution in [2.24, 2.45) is 4.99 Å². The van der Waals surface area contributed by atoms with Crippen molar-refractivity contribution in [1.82, 2.24) is 10.2 Å². The second-order valence-electron chi connectivity index (χ2n) is 5.89. The first kappa shape index (κ1) is 18.2. The predicted molar refractivity (Wildman–Crippen MR) is 86.4 cm³/mol. The van der Waals surface area contributed by atoms with Gasteiger partial charge in [0.25, 0.3) is 0 Å². The van der Waals surface area contributed by atoms with E-state index in [0.29, 0.717) is 26.3 Å². The second kappa shape index (κ2) is 7.32. The van der Waals surface area contributed by atoms with E-state index in [1.807, 2.05) is 0 Å². The second-order valence-corrected chi connectivity index (χ2v) is 5.89. The third kappa shape index (κ3) is 4.31. The number of halogens is 3. The first-order chi connectivity index (χ1) is 12.3. The van der Waals surface area contributed by atoms with Crippen LogP contribution in [0, 0.1) is 0 Å². The standard InChI is InChI=1S/C16H17F3N4O3/c17-16(18,19)10-2-1-3-11(8-10)20-14(25)12-9-13(24)22-15(21-12)23-4-6-26-7-5-23/h1-3,8,12H,4-7,9H2,(H,20,25)(H,21,22,24). The van der Waals surface area contributed by atoms with E-state index in [1.54, 1.807) is 4.90 Å². The first-order valence-corrected chi connectivity index (χ1v) is 8.01. The lowest BCUT2D eigenvalue weighted by Crippen LogP contribution is -2.53. The van der Waals surface area contributed by atoms with Gasteiger partial charge in [0.1, 0.15) is 6.04 Å². The summed E-state index contributed by atoms with van der Waals surface area (Å²) in [5, 5.41) is 5.02. The Labute approximate surface area is 147 Å². The van der Waals surface area contributed by atoms with Gasteiger partial charge >= 0.3 is 6.18 Å². The van der Waals surface area contributed by atoms with Crippen molar-refractivity contribution in [2.45, 2.75) is 18.6 Å². The van der Waals surface area contributed by atoms with E-state index in [0.717, 1.165) is 12.1 Å². The molecule has 2 heterocycles. The lowest BCUT2D eigenvalue weighted by molar-refractivity contribution is -0.137. The lowest BCUT2D eigenvalue weighted by Gasteiger charge is -2.32.